The molecule has 0 unspecified atom stereocenters. The first kappa shape index (κ1) is 18.7. The number of anilines is 1. The van der Waals surface area contributed by atoms with Crippen molar-refractivity contribution >= 4 is 33.5 Å². The maximum atomic E-state index is 9.00. The van der Waals surface area contributed by atoms with Crippen molar-refractivity contribution in [2.75, 3.05) is 11.9 Å². The fraction of sp³-hybridized carbons (Fsp3) is 0.333. The van der Waals surface area contributed by atoms with Gasteiger partial charge in [0.25, 0.3) is 5.97 Å². The third-order valence-corrected chi connectivity index (χ3v) is 3.92. The van der Waals surface area contributed by atoms with Crippen LogP contribution in [0.5, 0.6) is 0 Å². The maximum Gasteiger partial charge on any atom is 0.300 e. The maximum absolute atomic E-state index is 9.00. The number of fused-ring (bicyclic) bond motifs is 2. The molecule has 2 N–H and O–H groups in total. The highest BCUT2D eigenvalue weighted by molar-refractivity contribution is 6.07. The number of pyridine rings is 1. The molecule has 0 fully saturated rings. The second-order valence-corrected chi connectivity index (χ2v) is 6.03. The lowest BCUT2D eigenvalue weighted by Crippen LogP contribution is -2.03. The number of nitrogens with zero attached hydrogens (tertiary/aromatic N) is 1. The third kappa shape index (κ3) is 5.45. The van der Waals surface area contributed by atoms with Gasteiger partial charge in [0.05, 0.1) is 16.7 Å². The summed E-state index contributed by atoms with van der Waals surface area (Å²) in [6.07, 6.45) is 5.11. The zero-order valence-corrected chi connectivity index (χ0v) is 15.0. The molecule has 1 heterocycles. The number of nitrogens with one attached hydrogen (secondary N) is 1. The van der Waals surface area contributed by atoms with E-state index in [-0.39, 0.29) is 0 Å². The second kappa shape index (κ2) is 9.62. The molecule has 0 saturated heterocycles. The molecule has 0 bridgehead atoms. The van der Waals surface area contributed by atoms with E-state index in [0.717, 1.165) is 24.5 Å². The second-order valence-electron chi connectivity index (χ2n) is 6.03. The summed E-state index contributed by atoms with van der Waals surface area (Å²) in [5.74, 6) is -0.833. The van der Waals surface area contributed by atoms with Crippen LogP contribution in [-0.2, 0) is 4.79 Å². The first-order chi connectivity index (χ1) is 12.1. The van der Waals surface area contributed by atoms with Crippen LogP contribution in [0.4, 0.5) is 5.69 Å². The number of para-hydroxylation sites is 2. The highest BCUT2D eigenvalue weighted by Gasteiger charge is 2.07. The Morgan fingerprint density at radius 2 is 1.48 bits per heavy atom. The summed E-state index contributed by atoms with van der Waals surface area (Å²) in [7, 11) is 0. The largest absolute Gasteiger partial charge is 0.481 e. The van der Waals surface area contributed by atoms with Crippen LogP contribution in [0, 0.1) is 0 Å². The number of hydrogen-bond donors (Lipinski definition) is 2. The van der Waals surface area contributed by atoms with E-state index in [0.29, 0.717) is 0 Å². The quantitative estimate of drug-likeness (QED) is 0.462. The van der Waals surface area contributed by atoms with Crippen molar-refractivity contribution in [1.82, 2.24) is 4.98 Å². The summed E-state index contributed by atoms with van der Waals surface area (Å²) in [5, 5.41) is 13.5. The number of aliphatic carboxylic acids is 1. The van der Waals surface area contributed by atoms with Gasteiger partial charge in [0, 0.05) is 24.2 Å². The van der Waals surface area contributed by atoms with Gasteiger partial charge in [0.2, 0.25) is 0 Å². The standard InChI is InChI=1S/C19H22N2.C2H4O2/c1-2-3-4-9-14-20-19-15-10-5-7-12-17(15)21-18-13-8-6-11-16(18)19;1-2(3)4/h5-8,10-13H,2-4,9,14H2,1H3,(H,20,21);1H3,(H,3,4). The average Bonchev–Trinajstić information content (AvgIpc) is 2.60. The monoisotopic (exact) mass is 338 g/mol. The Labute approximate surface area is 148 Å². The topological polar surface area (TPSA) is 62.2 Å². The van der Waals surface area contributed by atoms with Crippen molar-refractivity contribution in [3.8, 4) is 0 Å². The van der Waals surface area contributed by atoms with Gasteiger partial charge in [-0.1, -0.05) is 62.6 Å². The molecule has 0 aliphatic heterocycles. The van der Waals surface area contributed by atoms with E-state index in [1.54, 1.807) is 0 Å². The van der Waals surface area contributed by atoms with E-state index in [4.69, 9.17) is 14.9 Å². The average molecular weight is 338 g/mol. The minimum Gasteiger partial charge on any atom is -0.481 e. The lowest BCUT2D eigenvalue weighted by atomic mass is 10.1. The van der Waals surface area contributed by atoms with Gasteiger partial charge in [-0.2, -0.15) is 0 Å². The lowest BCUT2D eigenvalue weighted by molar-refractivity contribution is -0.134. The zero-order valence-electron chi connectivity index (χ0n) is 15.0. The van der Waals surface area contributed by atoms with E-state index in [9.17, 15) is 0 Å². The van der Waals surface area contributed by atoms with Crippen LogP contribution < -0.4 is 5.32 Å². The van der Waals surface area contributed by atoms with Crippen molar-refractivity contribution < 1.29 is 9.90 Å². The molecule has 4 nitrogen and oxygen atoms in total. The van der Waals surface area contributed by atoms with E-state index in [2.05, 4.69) is 60.8 Å². The molecule has 0 spiro atoms. The van der Waals surface area contributed by atoms with Gasteiger partial charge < -0.3 is 10.4 Å². The van der Waals surface area contributed by atoms with E-state index >= 15 is 0 Å². The highest BCUT2D eigenvalue weighted by atomic mass is 16.4. The summed E-state index contributed by atoms with van der Waals surface area (Å²) < 4.78 is 0. The van der Waals surface area contributed by atoms with Gasteiger partial charge in [-0.05, 0) is 18.6 Å². The number of rotatable bonds is 6. The Hall–Kier alpha value is -2.62. The minimum absolute atomic E-state index is 0.833. The van der Waals surface area contributed by atoms with Gasteiger partial charge >= 0.3 is 0 Å². The van der Waals surface area contributed by atoms with E-state index < -0.39 is 5.97 Å². The van der Waals surface area contributed by atoms with Crippen LogP contribution in [0.25, 0.3) is 21.8 Å². The molecule has 1 aromatic heterocycles. The van der Waals surface area contributed by atoms with Gasteiger partial charge in [0.15, 0.2) is 0 Å². The molecule has 4 heteroatoms. The number of carboxylic acid groups (broad SMARTS) is 1. The zero-order chi connectivity index (χ0) is 18.1. The highest BCUT2D eigenvalue weighted by Crippen LogP contribution is 2.30. The Morgan fingerprint density at radius 3 is 2.00 bits per heavy atom. The minimum atomic E-state index is -0.833. The van der Waals surface area contributed by atoms with Crippen LogP contribution >= 0.6 is 0 Å². The molecule has 3 aromatic rings. The molecule has 0 atom stereocenters. The summed E-state index contributed by atoms with van der Waals surface area (Å²) in [4.78, 5) is 13.8. The predicted molar refractivity (Wildman–Crippen MR) is 105 cm³/mol. The number of carbonyl (C=O) groups is 1. The van der Waals surface area contributed by atoms with Crippen molar-refractivity contribution in [2.24, 2.45) is 0 Å². The van der Waals surface area contributed by atoms with Crippen LogP contribution in [0.15, 0.2) is 48.5 Å². The number of aromatic nitrogens is 1. The first-order valence-electron chi connectivity index (χ1n) is 8.84. The Balaban J connectivity index is 0.000000511. The molecule has 0 radical (unpaired) electrons. The van der Waals surface area contributed by atoms with Crippen LogP contribution in [0.3, 0.4) is 0 Å². The molecule has 0 saturated carbocycles. The molecule has 2 aromatic carbocycles. The van der Waals surface area contributed by atoms with Crippen molar-refractivity contribution in [3.63, 3.8) is 0 Å². The lowest BCUT2D eigenvalue weighted by Gasteiger charge is -2.13. The SMILES string of the molecule is CC(=O)O.CCCCCCNc1c2ccccc2nc2ccccc12. The molecule has 132 valence electrons. The van der Waals surface area contributed by atoms with Crippen molar-refractivity contribution in [2.45, 2.75) is 39.5 Å². The van der Waals surface area contributed by atoms with E-state index in [1.807, 2.05) is 0 Å². The Kier molecular flexibility index (Phi) is 7.20. The van der Waals surface area contributed by atoms with Gasteiger partial charge in [-0.25, -0.2) is 4.98 Å². The van der Waals surface area contributed by atoms with E-state index in [1.165, 1.54) is 42.1 Å². The summed E-state index contributed by atoms with van der Waals surface area (Å²) in [5.41, 5.74) is 3.35. The fourth-order valence-corrected chi connectivity index (χ4v) is 2.80. The molecule has 0 aliphatic carbocycles. The Morgan fingerprint density at radius 1 is 0.960 bits per heavy atom. The molecular weight excluding hydrogens is 312 g/mol. The molecule has 0 amide bonds. The molecule has 25 heavy (non-hydrogen) atoms. The summed E-state index contributed by atoms with van der Waals surface area (Å²) >= 11 is 0. The van der Waals surface area contributed by atoms with Gasteiger partial charge in [-0.15, -0.1) is 0 Å². The van der Waals surface area contributed by atoms with Gasteiger partial charge in [0.1, 0.15) is 0 Å². The van der Waals surface area contributed by atoms with Crippen molar-refractivity contribution in [3.05, 3.63) is 48.5 Å². The first-order valence-corrected chi connectivity index (χ1v) is 8.84. The van der Waals surface area contributed by atoms with Crippen LogP contribution in [0.2, 0.25) is 0 Å². The summed E-state index contributed by atoms with van der Waals surface area (Å²) in [6.45, 7) is 4.36. The normalized spacial score (nSPS) is 10.3. The van der Waals surface area contributed by atoms with Crippen LogP contribution in [-0.4, -0.2) is 22.6 Å². The number of carboxylic acids is 1. The number of benzene rings is 2. The van der Waals surface area contributed by atoms with Crippen molar-refractivity contribution in [1.29, 1.82) is 0 Å². The third-order valence-electron chi connectivity index (χ3n) is 3.92. The van der Waals surface area contributed by atoms with Crippen LogP contribution in [0.1, 0.15) is 39.5 Å². The van der Waals surface area contributed by atoms with Gasteiger partial charge in [-0.3, -0.25) is 4.79 Å². The number of unbranched alkanes of at least 4 members (excludes halogenated alkanes) is 3. The Bertz CT molecular complexity index is 772. The summed E-state index contributed by atoms with van der Waals surface area (Å²) in [6, 6.07) is 16.8. The predicted octanol–water partition coefficient (Wildman–Crippen LogP) is 5.47. The molecule has 0 aliphatic rings. The number of hydrogen-bond acceptors (Lipinski definition) is 3. The molecular formula is C21H26N2O2. The molecule has 3 rings (SSSR count). The smallest absolute Gasteiger partial charge is 0.300 e. The fourth-order valence-electron chi connectivity index (χ4n) is 2.80.